The average molecular weight is 532 g/mol. The highest BCUT2D eigenvalue weighted by atomic mass is 16.7. The van der Waals surface area contributed by atoms with E-state index in [1.807, 2.05) is 6.92 Å². The molecule has 0 saturated carbocycles. The summed E-state index contributed by atoms with van der Waals surface area (Å²) in [6, 6.07) is 15.2. The lowest BCUT2D eigenvalue weighted by atomic mass is 9.97. The molecule has 5 nitrogen and oxygen atoms in total. The van der Waals surface area contributed by atoms with Crippen molar-refractivity contribution in [2.24, 2.45) is 5.92 Å². The number of hydrogen-bond acceptors (Lipinski definition) is 4. The maximum atomic E-state index is 11.8. The molecule has 1 atom stereocenters. The number of hydrogen-bond donors (Lipinski definition) is 0. The summed E-state index contributed by atoms with van der Waals surface area (Å²) in [7, 11) is 0. The quantitative estimate of drug-likeness (QED) is 0.208. The Bertz CT molecular complexity index is 1240. The van der Waals surface area contributed by atoms with Crippen molar-refractivity contribution < 1.29 is 19.0 Å². The number of aryl methyl sites for hydroxylation is 1. The van der Waals surface area contributed by atoms with Crippen LogP contribution in [0.2, 0.25) is 0 Å². The summed E-state index contributed by atoms with van der Waals surface area (Å²) in [4.78, 5) is 11.8. The Hall–Kier alpha value is -3.21. The molecule has 0 spiro atoms. The number of carbonyl (C=O) groups excluding carboxylic acids is 1. The van der Waals surface area contributed by atoms with Crippen LogP contribution in [0.15, 0.2) is 54.9 Å². The number of nitrogens with zero attached hydrogens (tertiary/aromatic N) is 1. The number of aromatic nitrogens is 1. The summed E-state index contributed by atoms with van der Waals surface area (Å²) in [5.41, 5.74) is 6.20. The van der Waals surface area contributed by atoms with E-state index in [0.29, 0.717) is 31.3 Å². The molecule has 39 heavy (non-hydrogen) atoms. The Labute approximate surface area is 234 Å². The molecule has 1 aliphatic rings. The highest BCUT2D eigenvalue weighted by Crippen LogP contribution is 2.45. The number of ether oxygens (including phenoxy) is 3. The molecule has 3 aromatic rings. The molecule has 210 valence electrons. The first-order chi connectivity index (χ1) is 18.7. The van der Waals surface area contributed by atoms with E-state index in [1.165, 1.54) is 22.3 Å². The fourth-order valence-corrected chi connectivity index (χ4v) is 5.48. The summed E-state index contributed by atoms with van der Waals surface area (Å²) in [6.07, 6.45) is 9.17. The largest absolute Gasteiger partial charge is 0.466 e. The van der Waals surface area contributed by atoms with Gasteiger partial charge in [0.05, 0.1) is 6.61 Å². The molecule has 0 aliphatic carbocycles. The molecule has 1 unspecified atom stereocenters. The van der Waals surface area contributed by atoms with Gasteiger partial charge in [-0.3, -0.25) is 4.79 Å². The van der Waals surface area contributed by atoms with Crippen LogP contribution in [0.1, 0.15) is 89.8 Å². The van der Waals surface area contributed by atoms with Gasteiger partial charge < -0.3 is 18.8 Å². The van der Waals surface area contributed by atoms with E-state index in [4.69, 9.17) is 14.2 Å². The lowest BCUT2D eigenvalue weighted by Crippen LogP contribution is -2.40. The third-order valence-corrected chi connectivity index (χ3v) is 7.25. The summed E-state index contributed by atoms with van der Waals surface area (Å²) in [5.74, 6) is 1.81. The molecule has 0 N–H and O–H groups in total. The Morgan fingerprint density at radius 1 is 0.949 bits per heavy atom. The van der Waals surface area contributed by atoms with Gasteiger partial charge in [-0.05, 0) is 72.4 Å². The van der Waals surface area contributed by atoms with Gasteiger partial charge in [-0.2, -0.15) is 0 Å². The minimum atomic E-state index is -0.685. The molecule has 2 aromatic carbocycles. The number of rotatable bonds is 13. The number of fused-ring (bicyclic) bond motifs is 1. The van der Waals surface area contributed by atoms with Crippen molar-refractivity contribution in [1.29, 1.82) is 0 Å². The highest BCUT2D eigenvalue weighted by Gasteiger charge is 2.41. The van der Waals surface area contributed by atoms with E-state index in [2.05, 4.69) is 94.0 Å². The zero-order valence-corrected chi connectivity index (χ0v) is 24.6. The zero-order valence-electron chi connectivity index (χ0n) is 24.6. The Morgan fingerprint density at radius 3 is 2.33 bits per heavy atom. The van der Waals surface area contributed by atoms with Crippen molar-refractivity contribution in [2.45, 2.75) is 98.3 Å². The third-order valence-electron chi connectivity index (χ3n) is 7.25. The van der Waals surface area contributed by atoms with Crippen LogP contribution in [0.25, 0.3) is 11.1 Å². The van der Waals surface area contributed by atoms with Gasteiger partial charge in [-0.1, -0.05) is 65.0 Å². The molecule has 0 radical (unpaired) electrons. The molecule has 1 aromatic heterocycles. The zero-order chi connectivity index (χ0) is 28.0. The van der Waals surface area contributed by atoms with Crippen molar-refractivity contribution in [3.8, 4) is 22.6 Å². The molecule has 5 heteroatoms. The van der Waals surface area contributed by atoms with Crippen LogP contribution in [0, 0.1) is 5.92 Å². The van der Waals surface area contributed by atoms with Gasteiger partial charge in [0.15, 0.2) is 11.5 Å². The first-order valence-corrected chi connectivity index (χ1v) is 14.7. The van der Waals surface area contributed by atoms with E-state index < -0.39 is 5.79 Å². The van der Waals surface area contributed by atoms with Crippen LogP contribution in [0.5, 0.6) is 11.5 Å². The minimum absolute atomic E-state index is 0.133. The fourth-order valence-electron chi connectivity index (χ4n) is 5.48. The molecule has 2 heterocycles. The maximum Gasteiger partial charge on any atom is 0.305 e. The van der Waals surface area contributed by atoms with Crippen molar-refractivity contribution in [1.82, 2.24) is 4.57 Å². The van der Waals surface area contributed by atoms with Gasteiger partial charge in [0, 0.05) is 43.8 Å². The number of benzene rings is 2. The van der Waals surface area contributed by atoms with Gasteiger partial charge in [0.25, 0.3) is 5.79 Å². The molecule has 0 fully saturated rings. The molecule has 0 bridgehead atoms. The number of esters is 1. The third kappa shape index (κ3) is 7.26. The summed E-state index contributed by atoms with van der Waals surface area (Å²) >= 11 is 0. The summed E-state index contributed by atoms with van der Waals surface area (Å²) in [6.45, 7) is 14.2. The predicted molar refractivity (Wildman–Crippen MR) is 157 cm³/mol. The van der Waals surface area contributed by atoms with Crippen LogP contribution >= 0.6 is 0 Å². The minimum Gasteiger partial charge on any atom is -0.466 e. The SMILES string of the molecule is CCCC1(Cc2ccc(CC(C)C)cc2)Oc2ccc(-c3cn(CCCC(=O)OCC)cc3C(C)C)cc2O1. The monoisotopic (exact) mass is 531 g/mol. The maximum absolute atomic E-state index is 11.8. The highest BCUT2D eigenvalue weighted by molar-refractivity contribution is 5.71. The van der Waals surface area contributed by atoms with Crippen LogP contribution in [-0.4, -0.2) is 22.9 Å². The van der Waals surface area contributed by atoms with E-state index in [0.717, 1.165) is 49.3 Å². The normalized spacial score (nSPS) is 16.3. The molecular formula is C34H45NO4. The van der Waals surface area contributed by atoms with Gasteiger partial charge in [-0.25, -0.2) is 0 Å². The first-order valence-electron chi connectivity index (χ1n) is 14.7. The standard InChI is InChI=1S/C34H45NO4/c1-7-17-34(21-27-13-11-26(12-14-27)19-24(3)4)38-31-16-15-28(20-32(31)39-34)30-23-35(22-29(30)25(5)6)18-9-10-33(36)37-8-2/h11-16,20,22-25H,7-10,17-19,21H2,1-6H3. The van der Waals surface area contributed by atoms with E-state index >= 15 is 0 Å². The lowest BCUT2D eigenvalue weighted by Gasteiger charge is -2.27. The van der Waals surface area contributed by atoms with Crippen LogP contribution in [0.4, 0.5) is 0 Å². The molecule has 0 saturated heterocycles. The van der Waals surface area contributed by atoms with Crippen LogP contribution in [0.3, 0.4) is 0 Å². The fraction of sp³-hybridized carbons (Fsp3) is 0.500. The van der Waals surface area contributed by atoms with Gasteiger partial charge >= 0.3 is 5.97 Å². The second-order valence-electron chi connectivity index (χ2n) is 11.5. The van der Waals surface area contributed by atoms with Crippen molar-refractivity contribution in [3.05, 3.63) is 71.5 Å². The van der Waals surface area contributed by atoms with E-state index in [1.54, 1.807) is 0 Å². The molecule has 1 aliphatic heterocycles. The number of carbonyl (C=O) groups is 1. The molecular weight excluding hydrogens is 486 g/mol. The topological polar surface area (TPSA) is 49.7 Å². The molecule has 0 amide bonds. The van der Waals surface area contributed by atoms with Crippen LogP contribution < -0.4 is 9.47 Å². The average Bonchev–Trinajstić information content (AvgIpc) is 3.46. The van der Waals surface area contributed by atoms with Crippen molar-refractivity contribution in [2.75, 3.05) is 6.61 Å². The van der Waals surface area contributed by atoms with Crippen molar-refractivity contribution >= 4 is 5.97 Å². The first kappa shape index (κ1) is 28.8. The Morgan fingerprint density at radius 2 is 1.67 bits per heavy atom. The van der Waals surface area contributed by atoms with E-state index in [9.17, 15) is 4.79 Å². The lowest BCUT2D eigenvalue weighted by molar-refractivity contribution is -0.143. The van der Waals surface area contributed by atoms with E-state index in [-0.39, 0.29) is 5.97 Å². The van der Waals surface area contributed by atoms with Gasteiger partial charge in [0.2, 0.25) is 0 Å². The predicted octanol–water partition coefficient (Wildman–Crippen LogP) is 8.33. The smallest absolute Gasteiger partial charge is 0.305 e. The Kier molecular flexibility index (Phi) is 9.42. The van der Waals surface area contributed by atoms with Gasteiger partial charge in [0.1, 0.15) is 0 Å². The Balaban J connectivity index is 1.52. The van der Waals surface area contributed by atoms with Crippen LogP contribution in [-0.2, 0) is 28.9 Å². The summed E-state index contributed by atoms with van der Waals surface area (Å²) < 4.78 is 20.4. The summed E-state index contributed by atoms with van der Waals surface area (Å²) in [5, 5.41) is 0. The molecule has 4 rings (SSSR count). The second kappa shape index (κ2) is 12.8. The van der Waals surface area contributed by atoms with Gasteiger partial charge in [-0.15, -0.1) is 0 Å². The second-order valence-corrected chi connectivity index (χ2v) is 11.5. The van der Waals surface area contributed by atoms with Crippen molar-refractivity contribution in [3.63, 3.8) is 0 Å².